The predicted octanol–water partition coefficient (Wildman–Crippen LogP) is 1.24. The molecular weight excluding hydrogens is 330 g/mol. The number of hydrogen-bond acceptors (Lipinski definition) is 7. The molecule has 7 nitrogen and oxygen atoms in total. The van der Waals surface area contributed by atoms with Crippen LogP contribution in [0.4, 0.5) is 0 Å². The molecule has 1 unspecified atom stereocenters. The Hall–Kier alpha value is -1.64. The van der Waals surface area contributed by atoms with Crippen LogP contribution in [0.2, 0.25) is 0 Å². The van der Waals surface area contributed by atoms with E-state index in [4.69, 9.17) is 8.94 Å². The van der Waals surface area contributed by atoms with Gasteiger partial charge in [-0.1, -0.05) is 5.16 Å². The van der Waals surface area contributed by atoms with Gasteiger partial charge in [0.15, 0.2) is 15.6 Å². The Labute approximate surface area is 141 Å². The molecule has 130 valence electrons. The number of piperazine rings is 1. The van der Waals surface area contributed by atoms with Crippen LogP contribution in [-0.4, -0.2) is 67.1 Å². The van der Waals surface area contributed by atoms with Gasteiger partial charge in [0.1, 0.15) is 0 Å². The van der Waals surface area contributed by atoms with Gasteiger partial charge in [-0.15, -0.1) is 0 Å². The average molecular weight is 351 g/mol. The molecule has 4 rings (SSSR count). The fraction of sp³-hybridized carbons (Fsp3) is 0.562. The third-order valence-electron chi connectivity index (χ3n) is 4.84. The Balaban J connectivity index is 1.31. The lowest BCUT2D eigenvalue weighted by atomic mass is 10.2. The summed E-state index contributed by atoms with van der Waals surface area (Å²) in [4.78, 5) is 4.64. The van der Waals surface area contributed by atoms with Gasteiger partial charge >= 0.3 is 0 Å². The molecule has 0 saturated carbocycles. The molecule has 0 radical (unpaired) electrons. The van der Waals surface area contributed by atoms with E-state index in [2.05, 4.69) is 15.0 Å². The van der Waals surface area contributed by atoms with E-state index in [0.717, 1.165) is 44.8 Å². The first-order chi connectivity index (χ1) is 11.6. The van der Waals surface area contributed by atoms with Crippen molar-refractivity contribution in [2.24, 2.45) is 0 Å². The Kier molecular flexibility index (Phi) is 4.19. The molecule has 0 aromatic carbocycles. The van der Waals surface area contributed by atoms with Gasteiger partial charge in [0.25, 0.3) is 0 Å². The molecule has 4 heterocycles. The van der Waals surface area contributed by atoms with E-state index >= 15 is 0 Å². The number of sulfone groups is 1. The molecule has 0 bridgehead atoms. The summed E-state index contributed by atoms with van der Waals surface area (Å²) in [5, 5.41) is 4.11. The molecule has 2 aliphatic rings. The molecule has 0 N–H and O–H groups in total. The standard InChI is InChI=1S/C16H21N3O4S/c20-24(21)9-3-14(12-24)19-6-4-18(5-7-19)11-13-10-16(23-17-13)15-2-1-8-22-15/h1-2,8,10,14H,3-7,9,11-12H2. The molecule has 2 aromatic heterocycles. The van der Waals surface area contributed by atoms with Gasteiger partial charge < -0.3 is 8.94 Å². The van der Waals surface area contributed by atoms with Crippen LogP contribution < -0.4 is 0 Å². The number of hydrogen-bond donors (Lipinski definition) is 0. The van der Waals surface area contributed by atoms with E-state index in [1.165, 1.54) is 0 Å². The second kappa shape index (κ2) is 6.34. The zero-order valence-corrected chi connectivity index (χ0v) is 14.2. The Morgan fingerprint density at radius 2 is 2.04 bits per heavy atom. The maximum absolute atomic E-state index is 11.6. The molecule has 1 atom stereocenters. The van der Waals surface area contributed by atoms with Crippen LogP contribution >= 0.6 is 0 Å². The average Bonchev–Trinajstić information content (AvgIpc) is 3.28. The minimum atomic E-state index is -2.81. The van der Waals surface area contributed by atoms with Crippen molar-refractivity contribution in [3.05, 3.63) is 30.2 Å². The van der Waals surface area contributed by atoms with Crippen LogP contribution in [0.5, 0.6) is 0 Å². The third-order valence-corrected chi connectivity index (χ3v) is 6.59. The van der Waals surface area contributed by atoms with Crippen molar-refractivity contribution in [2.45, 2.75) is 19.0 Å². The molecule has 2 saturated heterocycles. The largest absolute Gasteiger partial charge is 0.461 e. The van der Waals surface area contributed by atoms with Crippen molar-refractivity contribution in [1.82, 2.24) is 15.0 Å². The highest BCUT2D eigenvalue weighted by atomic mass is 32.2. The van der Waals surface area contributed by atoms with E-state index in [-0.39, 0.29) is 6.04 Å². The highest BCUT2D eigenvalue weighted by molar-refractivity contribution is 7.91. The summed E-state index contributed by atoms with van der Waals surface area (Å²) in [5.74, 6) is 1.99. The second-order valence-electron chi connectivity index (χ2n) is 6.53. The van der Waals surface area contributed by atoms with Crippen LogP contribution in [-0.2, 0) is 16.4 Å². The van der Waals surface area contributed by atoms with Crippen LogP contribution in [0.1, 0.15) is 12.1 Å². The zero-order valence-electron chi connectivity index (χ0n) is 13.4. The van der Waals surface area contributed by atoms with E-state index in [1.54, 1.807) is 6.26 Å². The fourth-order valence-electron chi connectivity index (χ4n) is 3.50. The van der Waals surface area contributed by atoms with E-state index < -0.39 is 9.84 Å². The topological polar surface area (TPSA) is 79.8 Å². The van der Waals surface area contributed by atoms with Gasteiger partial charge in [-0.3, -0.25) is 9.80 Å². The Morgan fingerprint density at radius 3 is 2.71 bits per heavy atom. The van der Waals surface area contributed by atoms with Crippen molar-refractivity contribution in [2.75, 3.05) is 37.7 Å². The lowest BCUT2D eigenvalue weighted by molar-refractivity contribution is 0.0985. The summed E-state index contributed by atoms with van der Waals surface area (Å²) in [7, 11) is -2.81. The summed E-state index contributed by atoms with van der Waals surface area (Å²) in [6.45, 7) is 4.38. The van der Waals surface area contributed by atoms with Gasteiger partial charge in [0.05, 0.1) is 23.5 Å². The second-order valence-corrected chi connectivity index (χ2v) is 8.76. The first-order valence-corrected chi connectivity index (χ1v) is 10.1. The minimum absolute atomic E-state index is 0.203. The lowest BCUT2D eigenvalue weighted by Gasteiger charge is -2.37. The maximum atomic E-state index is 11.6. The van der Waals surface area contributed by atoms with Crippen molar-refractivity contribution >= 4 is 9.84 Å². The van der Waals surface area contributed by atoms with Gasteiger partial charge in [0.2, 0.25) is 5.76 Å². The lowest BCUT2D eigenvalue weighted by Crippen LogP contribution is -2.50. The zero-order chi connectivity index (χ0) is 16.6. The van der Waals surface area contributed by atoms with Crippen LogP contribution in [0.3, 0.4) is 0 Å². The summed E-state index contributed by atoms with van der Waals surface area (Å²) in [6, 6.07) is 5.78. The van der Waals surface area contributed by atoms with Gasteiger partial charge in [-0.05, 0) is 18.6 Å². The minimum Gasteiger partial charge on any atom is -0.461 e. The number of aromatic nitrogens is 1. The monoisotopic (exact) mass is 351 g/mol. The summed E-state index contributed by atoms with van der Waals surface area (Å²) >= 11 is 0. The highest BCUT2D eigenvalue weighted by Gasteiger charge is 2.33. The van der Waals surface area contributed by atoms with Crippen LogP contribution in [0.25, 0.3) is 11.5 Å². The molecular formula is C16H21N3O4S. The predicted molar refractivity (Wildman–Crippen MR) is 88.1 cm³/mol. The van der Waals surface area contributed by atoms with Crippen molar-refractivity contribution in [1.29, 1.82) is 0 Å². The van der Waals surface area contributed by atoms with Gasteiger partial charge in [0, 0.05) is 44.8 Å². The van der Waals surface area contributed by atoms with E-state index in [9.17, 15) is 8.42 Å². The van der Waals surface area contributed by atoms with Crippen LogP contribution in [0.15, 0.2) is 33.4 Å². The number of furan rings is 1. The summed E-state index contributed by atoms with van der Waals surface area (Å²) in [5.41, 5.74) is 0.887. The smallest absolute Gasteiger partial charge is 0.202 e. The summed E-state index contributed by atoms with van der Waals surface area (Å²) in [6.07, 6.45) is 2.39. The Bertz CT molecular complexity index is 776. The van der Waals surface area contributed by atoms with Crippen molar-refractivity contribution < 1.29 is 17.4 Å². The van der Waals surface area contributed by atoms with Crippen molar-refractivity contribution in [3.8, 4) is 11.5 Å². The third kappa shape index (κ3) is 3.40. The maximum Gasteiger partial charge on any atom is 0.202 e. The SMILES string of the molecule is O=S1(=O)CCC(N2CCN(Cc3cc(-c4ccco4)on3)CC2)C1. The molecule has 0 amide bonds. The van der Waals surface area contributed by atoms with Crippen LogP contribution in [0, 0.1) is 0 Å². The highest BCUT2D eigenvalue weighted by Crippen LogP contribution is 2.22. The fourth-order valence-corrected chi connectivity index (χ4v) is 5.26. The first kappa shape index (κ1) is 15.9. The summed E-state index contributed by atoms with van der Waals surface area (Å²) < 4.78 is 33.9. The molecule has 8 heteroatoms. The van der Waals surface area contributed by atoms with Gasteiger partial charge in [-0.25, -0.2) is 8.42 Å². The first-order valence-electron chi connectivity index (χ1n) is 8.25. The number of nitrogens with zero attached hydrogens (tertiary/aromatic N) is 3. The molecule has 2 aliphatic heterocycles. The quantitative estimate of drug-likeness (QED) is 0.820. The molecule has 24 heavy (non-hydrogen) atoms. The molecule has 2 aromatic rings. The van der Waals surface area contributed by atoms with Crippen molar-refractivity contribution in [3.63, 3.8) is 0 Å². The molecule has 2 fully saturated rings. The molecule has 0 spiro atoms. The van der Waals surface area contributed by atoms with E-state index in [0.29, 0.717) is 23.0 Å². The molecule has 0 aliphatic carbocycles. The van der Waals surface area contributed by atoms with Gasteiger partial charge in [-0.2, -0.15) is 0 Å². The Morgan fingerprint density at radius 1 is 1.21 bits per heavy atom. The van der Waals surface area contributed by atoms with E-state index in [1.807, 2.05) is 18.2 Å². The number of rotatable bonds is 4. The normalized spacial score (nSPS) is 25.2.